The van der Waals surface area contributed by atoms with E-state index in [-0.39, 0.29) is 11.7 Å². The Kier molecular flexibility index (Phi) is 2.86. The second-order valence-electron chi connectivity index (χ2n) is 4.58. The molecule has 1 N–H and O–H groups in total. The van der Waals surface area contributed by atoms with Crippen molar-refractivity contribution in [3.05, 3.63) is 35.6 Å². The van der Waals surface area contributed by atoms with E-state index in [1.54, 1.807) is 23.9 Å². The predicted octanol–water partition coefficient (Wildman–Crippen LogP) is 2.08. The summed E-state index contributed by atoms with van der Waals surface area (Å²) in [6, 6.07) is 6.21. The number of carbonyl (C=O) groups excluding carboxylic acids is 1. The minimum Gasteiger partial charge on any atom is -0.305 e. The van der Waals surface area contributed by atoms with Gasteiger partial charge in [-0.25, -0.2) is 4.39 Å². The second kappa shape index (κ2) is 4.39. The van der Waals surface area contributed by atoms with Gasteiger partial charge in [0, 0.05) is 5.75 Å². The van der Waals surface area contributed by atoms with Crippen molar-refractivity contribution in [2.45, 2.75) is 18.3 Å². The highest BCUT2D eigenvalue weighted by Crippen LogP contribution is 2.48. The van der Waals surface area contributed by atoms with E-state index in [0.29, 0.717) is 5.17 Å². The number of halogens is 1. The van der Waals surface area contributed by atoms with Gasteiger partial charge in [0.25, 0.3) is 0 Å². The molecule has 1 saturated carbocycles. The van der Waals surface area contributed by atoms with Gasteiger partial charge >= 0.3 is 0 Å². The third-order valence-corrected chi connectivity index (χ3v) is 4.28. The molecule has 1 amide bonds. The molecular weight excluding hydrogens is 251 g/mol. The molecule has 3 nitrogen and oxygen atoms in total. The molecule has 1 aliphatic heterocycles. The Morgan fingerprint density at radius 2 is 2.06 bits per heavy atom. The fourth-order valence-corrected chi connectivity index (χ4v) is 2.89. The van der Waals surface area contributed by atoms with Crippen LogP contribution < -0.4 is 5.32 Å². The summed E-state index contributed by atoms with van der Waals surface area (Å²) in [5, 5.41) is 3.59. The summed E-state index contributed by atoms with van der Waals surface area (Å²) in [6.45, 7) is 0.768. The van der Waals surface area contributed by atoms with Crippen molar-refractivity contribution in [2.24, 2.45) is 4.99 Å². The molecule has 0 saturated heterocycles. The molecule has 5 heteroatoms. The number of benzene rings is 1. The number of nitrogens with one attached hydrogen (secondary N) is 1. The Morgan fingerprint density at radius 1 is 1.33 bits per heavy atom. The third-order valence-electron chi connectivity index (χ3n) is 3.39. The molecule has 3 rings (SSSR count). The van der Waals surface area contributed by atoms with Gasteiger partial charge in [0.2, 0.25) is 5.91 Å². The van der Waals surface area contributed by atoms with Crippen molar-refractivity contribution in [3.8, 4) is 0 Å². The quantitative estimate of drug-likeness (QED) is 0.888. The molecule has 2 aliphatic rings. The van der Waals surface area contributed by atoms with Crippen LogP contribution in [0.3, 0.4) is 0 Å². The van der Waals surface area contributed by atoms with Crippen LogP contribution in [0.4, 0.5) is 4.39 Å². The standard InChI is InChI=1S/C13H13FN2OS/c14-10-3-1-9(2-4-10)13(5-6-13)11(17)16-12-15-7-8-18-12/h1-4H,5-8H2,(H,15,16,17). The van der Waals surface area contributed by atoms with Gasteiger partial charge in [-0.1, -0.05) is 23.9 Å². The van der Waals surface area contributed by atoms with Crippen molar-refractivity contribution < 1.29 is 9.18 Å². The van der Waals surface area contributed by atoms with Gasteiger partial charge < -0.3 is 5.32 Å². The minimum atomic E-state index is -0.459. The van der Waals surface area contributed by atoms with Gasteiger partial charge in [-0.15, -0.1) is 0 Å². The van der Waals surface area contributed by atoms with Crippen LogP contribution in [-0.2, 0) is 10.2 Å². The number of nitrogens with zero attached hydrogens (tertiary/aromatic N) is 1. The molecule has 0 atom stereocenters. The van der Waals surface area contributed by atoms with Gasteiger partial charge in [0.05, 0.1) is 12.0 Å². The van der Waals surface area contributed by atoms with Crippen molar-refractivity contribution in [3.63, 3.8) is 0 Å². The molecule has 1 aromatic rings. The lowest BCUT2D eigenvalue weighted by Crippen LogP contribution is -2.37. The fourth-order valence-electron chi connectivity index (χ4n) is 2.17. The Morgan fingerprint density at radius 3 is 2.61 bits per heavy atom. The Bertz CT molecular complexity index is 508. The van der Waals surface area contributed by atoms with Crippen LogP contribution in [0, 0.1) is 5.82 Å². The Balaban J connectivity index is 1.77. The van der Waals surface area contributed by atoms with E-state index in [9.17, 15) is 9.18 Å². The highest BCUT2D eigenvalue weighted by Gasteiger charge is 2.51. The Hall–Kier alpha value is -1.36. The number of rotatable bonds is 2. The smallest absolute Gasteiger partial charge is 0.236 e. The highest BCUT2D eigenvalue weighted by molar-refractivity contribution is 8.14. The molecule has 1 aliphatic carbocycles. The van der Waals surface area contributed by atoms with Crippen LogP contribution in [0.15, 0.2) is 29.3 Å². The first kappa shape index (κ1) is 11.7. The van der Waals surface area contributed by atoms with Gasteiger partial charge in [-0.05, 0) is 30.5 Å². The van der Waals surface area contributed by atoms with Crippen molar-refractivity contribution in [1.29, 1.82) is 0 Å². The van der Waals surface area contributed by atoms with Crippen molar-refractivity contribution >= 4 is 22.8 Å². The van der Waals surface area contributed by atoms with Gasteiger partial charge in [-0.3, -0.25) is 9.79 Å². The van der Waals surface area contributed by atoms with Crippen molar-refractivity contribution in [2.75, 3.05) is 12.3 Å². The monoisotopic (exact) mass is 264 g/mol. The maximum atomic E-state index is 12.9. The van der Waals surface area contributed by atoms with Gasteiger partial charge in [0.1, 0.15) is 5.82 Å². The predicted molar refractivity (Wildman–Crippen MR) is 70.2 cm³/mol. The number of carbonyl (C=O) groups is 1. The molecule has 0 unspecified atom stereocenters. The van der Waals surface area contributed by atoms with E-state index in [2.05, 4.69) is 10.3 Å². The van der Waals surface area contributed by atoms with E-state index in [0.717, 1.165) is 30.7 Å². The summed E-state index contributed by atoms with van der Waals surface area (Å²) in [6.07, 6.45) is 1.64. The lowest BCUT2D eigenvalue weighted by molar-refractivity contribution is -0.122. The zero-order chi connectivity index (χ0) is 12.6. The zero-order valence-electron chi connectivity index (χ0n) is 9.78. The van der Waals surface area contributed by atoms with Crippen LogP contribution in [0.5, 0.6) is 0 Å². The van der Waals surface area contributed by atoms with E-state index in [1.165, 1.54) is 12.1 Å². The lowest BCUT2D eigenvalue weighted by atomic mass is 9.95. The maximum Gasteiger partial charge on any atom is 0.236 e. The third kappa shape index (κ3) is 2.03. The average molecular weight is 264 g/mol. The summed E-state index contributed by atoms with van der Waals surface area (Å²) in [5.41, 5.74) is 0.435. The molecule has 0 radical (unpaired) electrons. The highest BCUT2D eigenvalue weighted by atomic mass is 32.2. The van der Waals surface area contributed by atoms with Crippen LogP contribution in [-0.4, -0.2) is 23.4 Å². The van der Waals surface area contributed by atoms with E-state index in [4.69, 9.17) is 0 Å². The summed E-state index contributed by atoms with van der Waals surface area (Å²) >= 11 is 1.57. The SMILES string of the molecule is O=C(NC1=NCCS1)C1(c2ccc(F)cc2)CC1. The van der Waals surface area contributed by atoms with E-state index < -0.39 is 5.41 Å². The van der Waals surface area contributed by atoms with Crippen LogP contribution >= 0.6 is 11.8 Å². The molecule has 1 heterocycles. The molecule has 1 fully saturated rings. The van der Waals surface area contributed by atoms with E-state index >= 15 is 0 Å². The average Bonchev–Trinajstić information content (AvgIpc) is 3.03. The number of hydrogen-bond acceptors (Lipinski definition) is 3. The van der Waals surface area contributed by atoms with Crippen LogP contribution in [0.25, 0.3) is 0 Å². The molecule has 0 aromatic heterocycles. The number of thioether (sulfide) groups is 1. The molecule has 1 aromatic carbocycles. The van der Waals surface area contributed by atoms with Crippen molar-refractivity contribution in [1.82, 2.24) is 5.32 Å². The number of amides is 1. The minimum absolute atomic E-state index is 0.0118. The van der Waals surface area contributed by atoms with Crippen LogP contribution in [0.1, 0.15) is 18.4 Å². The van der Waals surface area contributed by atoms with Gasteiger partial charge in [0.15, 0.2) is 5.17 Å². The largest absolute Gasteiger partial charge is 0.305 e. The number of aliphatic imine (C=N–C) groups is 1. The first-order valence-electron chi connectivity index (χ1n) is 5.95. The zero-order valence-corrected chi connectivity index (χ0v) is 10.6. The summed E-state index contributed by atoms with van der Waals surface area (Å²) < 4.78 is 12.9. The lowest BCUT2D eigenvalue weighted by Gasteiger charge is -2.15. The molecule has 0 bridgehead atoms. The van der Waals surface area contributed by atoms with Crippen LogP contribution in [0.2, 0.25) is 0 Å². The normalized spacial score (nSPS) is 20.4. The second-order valence-corrected chi connectivity index (χ2v) is 5.66. The molecule has 0 spiro atoms. The first-order valence-corrected chi connectivity index (χ1v) is 6.94. The molecule has 94 valence electrons. The number of amidine groups is 1. The number of hydrogen-bond donors (Lipinski definition) is 1. The van der Waals surface area contributed by atoms with E-state index in [1.807, 2.05) is 0 Å². The summed E-state index contributed by atoms with van der Waals surface area (Å²) in [5.74, 6) is 0.645. The molecule has 18 heavy (non-hydrogen) atoms. The fraction of sp³-hybridized carbons (Fsp3) is 0.385. The first-order chi connectivity index (χ1) is 8.71. The van der Waals surface area contributed by atoms with Gasteiger partial charge in [-0.2, -0.15) is 0 Å². The topological polar surface area (TPSA) is 41.5 Å². The summed E-state index contributed by atoms with van der Waals surface area (Å²) in [4.78, 5) is 16.5. The Labute approximate surface area is 109 Å². The molecular formula is C13H13FN2OS. The summed E-state index contributed by atoms with van der Waals surface area (Å²) in [7, 11) is 0. The maximum absolute atomic E-state index is 12.9.